The number of nitrogens with zero attached hydrogens (tertiary/aromatic N) is 1. The molecule has 2 heterocycles. The second-order valence-electron chi connectivity index (χ2n) is 6.20. The van der Waals surface area contributed by atoms with Crippen LogP contribution in [0.15, 0.2) is 28.9 Å². The fourth-order valence-electron chi connectivity index (χ4n) is 2.83. The molecule has 0 radical (unpaired) electrons. The van der Waals surface area contributed by atoms with Crippen molar-refractivity contribution in [1.82, 2.24) is 4.90 Å². The van der Waals surface area contributed by atoms with E-state index >= 15 is 0 Å². The highest BCUT2D eigenvalue weighted by Crippen LogP contribution is 2.24. The molecule has 1 aliphatic heterocycles. The van der Waals surface area contributed by atoms with Crippen LogP contribution in [0.2, 0.25) is 0 Å². The molecule has 0 spiro atoms. The van der Waals surface area contributed by atoms with Gasteiger partial charge in [-0.25, -0.2) is 0 Å². The molecule has 0 bridgehead atoms. The first kappa shape index (κ1) is 15.6. The van der Waals surface area contributed by atoms with Crippen molar-refractivity contribution in [3.8, 4) is 0 Å². The van der Waals surface area contributed by atoms with E-state index in [1.54, 1.807) is 18.1 Å². The van der Waals surface area contributed by atoms with Crippen LogP contribution >= 0.6 is 0 Å². The fraction of sp³-hybridized carbons (Fsp3) is 0.412. The lowest BCUT2D eigenvalue weighted by molar-refractivity contribution is -0.160. The monoisotopic (exact) mass is 316 g/mol. The van der Waals surface area contributed by atoms with E-state index in [2.05, 4.69) is 0 Å². The molecule has 1 saturated heterocycles. The summed E-state index contributed by atoms with van der Waals surface area (Å²) in [6.45, 7) is 4.54. The fourth-order valence-corrected chi connectivity index (χ4v) is 2.83. The van der Waals surface area contributed by atoms with Gasteiger partial charge in [0.2, 0.25) is 5.91 Å². The van der Waals surface area contributed by atoms with Crippen molar-refractivity contribution < 1.29 is 18.7 Å². The normalized spacial score (nSPS) is 21.6. The van der Waals surface area contributed by atoms with E-state index in [0.717, 1.165) is 22.1 Å². The van der Waals surface area contributed by atoms with Crippen molar-refractivity contribution in [1.29, 1.82) is 0 Å². The van der Waals surface area contributed by atoms with Gasteiger partial charge >= 0.3 is 0 Å². The molecule has 23 heavy (non-hydrogen) atoms. The largest absolute Gasteiger partial charge is 0.464 e. The van der Waals surface area contributed by atoms with Gasteiger partial charge in [0.1, 0.15) is 5.58 Å². The lowest BCUT2D eigenvalue weighted by Crippen LogP contribution is -2.58. The molecule has 1 fully saturated rings. The van der Waals surface area contributed by atoms with Gasteiger partial charge in [-0.05, 0) is 25.5 Å². The first-order chi connectivity index (χ1) is 10.9. The number of benzene rings is 1. The minimum absolute atomic E-state index is 0.0657. The van der Waals surface area contributed by atoms with Crippen LogP contribution in [0.3, 0.4) is 0 Å². The number of morpholine rings is 1. The molecule has 2 amide bonds. The molecule has 0 aliphatic carbocycles. The quantitative estimate of drug-likeness (QED) is 0.927. The zero-order valence-corrected chi connectivity index (χ0v) is 13.3. The maximum absolute atomic E-state index is 12.6. The molecular formula is C17H20N2O4. The SMILES string of the molecule is Cc1ccc2c(CC(=O)N3CCO[C@](C)(C(N)=O)C3)coc2c1. The molecule has 122 valence electrons. The number of fused-ring (bicyclic) bond motifs is 1. The molecule has 3 rings (SSSR count). The number of rotatable bonds is 3. The third-order valence-corrected chi connectivity index (χ3v) is 4.30. The Morgan fingerprint density at radius 1 is 1.39 bits per heavy atom. The molecule has 1 aromatic heterocycles. The van der Waals surface area contributed by atoms with Crippen molar-refractivity contribution >= 4 is 22.8 Å². The van der Waals surface area contributed by atoms with Gasteiger partial charge in [-0.2, -0.15) is 0 Å². The zero-order valence-electron chi connectivity index (χ0n) is 13.3. The molecule has 1 aliphatic rings. The van der Waals surface area contributed by atoms with Crippen LogP contribution in [-0.2, 0) is 20.7 Å². The predicted octanol–water partition coefficient (Wildman–Crippen LogP) is 1.39. The van der Waals surface area contributed by atoms with Crippen molar-refractivity contribution in [3.63, 3.8) is 0 Å². The molecule has 2 N–H and O–H groups in total. The predicted molar refractivity (Wildman–Crippen MR) is 84.8 cm³/mol. The summed E-state index contributed by atoms with van der Waals surface area (Å²) in [5, 5.41) is 0.940. The van der Waals surface area contributed by atoms with Crippen LogP contribution in [0.4, 0.5) is 0 Å². The van der Waals surface area contributed by atoms with E-state index in [9.17, 15) is 9.59 Å². The Labute approximate surface area is 134 Å². The molecule has 1 aromatic carbocycles. The summed E-state index contributed by atoms with van der Waals surface area (Å²) in [6.07, 6.45) is 1.85. The minimum Gasteiger partial charge on any atom is -0.464 e. The summed E-state index contributed by atoms with van der Waals surface area (Å²) in [6, 6.07) is 5.90. The van der Waals surface area contributed by atoms with Gasteiger partial charge in [0.15, 0.2) is 5.60 Å². The average molecular weight is 316 g/mol. The summed E-state index contributed by atoms with van der Waals surface area (Å²) in [5.41, 5.74) is 6.98. The Kier molecular flexibility index (Phi) is 3.85. The van der Waals surface area contributed by atoms with Crippen molar-refractivity contribution in [3.05, 3.63) is 35.6 Å². The lowest BCUT2D eigenvalue weighted by Gasteiger charge is -2.38. The van der Waals surface area contributed by atoms with Crippen LogP contribution in [0.1, 0.15) is 18.1 Å². The molecule has 0 unspecified atom stereocenters. The van der Waals surface area contributed by atoms with E-state index < -0.39 is 11.5 Å². The third kappa shape index (κ3) is 2.94. The van der Waals surface area contributed by atoms with E-state index in [0.29, 0.717) is 13.2 Å². The van der Waals surface area contributed by atoms with Gasteiger partial charge in [0.25, 0.3) is 5.91 Å². The Balaban J connectivity index is 1.77. The standard InChI is InChI=1S/C17H20N2O4/c1-11-3-4-13-12(9-22-14(13)7-11)8-15(20)19-5-6-23-17(2,10-19)16(18)21/h3-4,7,9H,5-6,8,10H2,1-2H3,(H2,18,21)/t17-/m0/s1. The third-order valence-electron chi connectivity index (χ3n) is 4.30. The van der Waals surface area contributed by atoms with Crippen molar-refractivity contribution in [2.24, 2.45) is 5.73 Å². The topological polar surface area (TPSA) is 85.8 Å². The number of carbonyl (C=O) groups is 2. The molecule has 2 aromatic rings. The van der Waals surface area contributed by atoms with Crippen molar-refractivity contribution in [2.45, 2.75) is 25.9 Å². The smallest absolute Gasteiger partial charge is 0.251 e. The second kappa shape index (κ2) is 5.70. The molecular weight excluding hydrogens is 296 g/mol. The number of ether oxygens (including phenoxy) is 1. The highest BCUT2D eigenvalue weighted by molar-refractivity contribution is 5.89. The van der Waals surface area contributed by atoms with Gasteiger partial charge in [0.05, 0.1) is 25.8 Å². The van der Waals surface area contributed by atoms with E-state index in [-0.39, 0.29) is 18.9 Å². The number of carbonyl (C=O) groups excluding carboxylic acids is 2. The summed E-state index contributed by atoms with van der Waals surface area (Å²) < 4.78 is 11.0. The number of furan rings is 1. The van der Waals surface area contributed by atoms with E-state index in [1.165, 1.54) is 0 Å². The van der Waals surface area contributed by atoms with Gasteiger partial charge < -0.3 is 19.8 Å². The number of amides is 2. The van der Waals surface area contributed by atoms with Crippen LogP contribution in [-0.4, -0.2) is 42.0 Å². The first-order valence-electron chi connectivity index (χ1n) is 7.57. The minimum atomic E-state index is -1.12. The van der Waals surface area contributed by atoms with Crippen LogP contribution < -0.4 is 5.73 Å². The number of aryl methyl sites for hydroxylation is 1. The number of nitrogens with two attached hydrogens (primary N) is 1. The number of hydrogen-bond acceptors (Lipinski definition) is 4. The Bertz CT molecular complexity index is 767. The van der Waals surface area contributed by atoms with Crippen LogP contribution in [0.5, 0.6) is 0 Å². The Morgan fingerprint density at radius 3 is 2.91 bits per heavy atom. The lowest BCUT2D eigenvalue weighted by atomic mass is 10.0. The van der Waals surface area contributed by atoms with Gasteiger partial charge in [-0.1, -0.05) is 12.1 Å². The molecule has 6 nitrogen and oxygen atoms in total. The summed E-state index contributed by atoms with van der Waals surface area (Å²) >= 11 is 0. The maximum Gasteiger partial charge on any atom is 0.251 e. The van der Waals surface area contributed by atoms with Crippen molar-refractivity contribution in [2.75, 3.05) is 19.7 Å². The Morgan fingerprint density at radius 2 is 2.17 bits per heavy atom. The number of hydrogen-bond donors (Lipinski definition) is 1. The van der Waals surface area contributed by atoms with E-state index in [1.807, 2.05) is 25.1 Å². The highest BCUT2D eigenvalue weighted by atomic mass is 16.5. The Hall–Kier alpha value is -2.34. The van der Waals surface area contributed by atoms with E-state index in [4.69, 9.17) is 14.9 Å². The first-order valence-corrected chi connectivity index (χ1v) is 7.57. The summed E-state index contributed by atoms with van der Waals surface area (Å²) in [7, 11) is 0. The molecule has 6 heteroatoms. The van der Waals surface area contributed by atoms with Crippen LogP contribution in [0, 0.1) is 6.92 Å². The van der Waals surface area contributed by atoms with Gasteiger partial charge in [0, 0.05) is 17.5 Å². The highest BCUT2D eigenvalue weighted by Gasteiger charge is 2.39. The average Bonchev–Trinajstić information content (AvgIpc) is 2.89. The molecule has 0 saturated carbocycles. The van der Waals surface area contributed by atoms with Crippen LogP contribution in [0.25, 0.3) is 11.0 Å². The molecule has 1 atom stereocenters. The zero-order chi connectivity index (χ0) is 16.6. The van der Waals surface area contributed by atoms with Gasteiger partial charge in [-0.3, -0.25) is 9.59 Å². The second-order valence-corrected chi connectivity index (χ2v) is 6.20. The van der Waals surface area contributed by atoms with Gasteiger partial charge in [-0.15, -0.1) is 0 Å². The summed E-state index contributed by atoms with van der Waals surface area (Å²) in [5.74, 6) is -0.622. The summed E-state index contributed by atoms with van der Waals surface area (Å²) in [4.78, 5) is 25.7. The number of primary amides is 1. The maximum atomic E-state index is 12.6.